The van der Waals surface area contributed by atoms with Crippen molar-refractivity contribution < 1.29 is 0 Å². The van der Waals surface area contributed by atoms with E-state index in [2.05, 4.69) is 31.1 Å². The van der Waals surface area contributed by atoms with E-state index >= 15 is 0 Å². The highest BCUT2D eigenvalue weighted by atomic mass is 15.2. The lowest BCUT2D eigenvalue weighted by Gasteiger charge is -2.36. The highest BCUT2D eigenvalue weighted by molar-refractivity contribution is 4.78. The molecule has 0 aromatic carbocycles. The molecule has 1 fully saturated rings. The lowest BCUT2D eigenvalue weighted by Crippen LogP contribution is -2.49. The van der Waals surface area contributed by atoms with Gasteiger partial charge in [0.2, 0.25) is 0 Å². The number of nitrogens with zero attached hydrogens (tertiary/aromatic N) is 1. The largest absolute Gasteiger partial charge is 0.304 e. The van der Waals surface area contributed by atoms with Gasteiger partial charge in [-0.2, -0.15) is 0 Å². The van der Waals surface area contributed by atoms with Gasteiger partial charge in [-0.1, -0.05) is 13.8 Å². The minimum Gasteiger partial charge on any atom is -0.304 e. The van der Waals surface area contributed by atoms with Gasteiger partial charge < -0.3 is 5.32 Å². The average Bonchev–Trinajstić information content (AvgIpc) is 1.60. The molecule has 1 heterocycles. The molecule has 9 heavy (non-hydrogen) atoms. The Hall–Kier alpha value is -0.0800. The Kier molecular flexibility index (Phi) is 1.78. The molecule has 1 aliphatic heterocycles. The van der Waals surface area contributed by atoms with Crippen LogP contribution >= 0.6 is 0 Å². The molecule has 0 aromatic rings. The standard InChI is InChI=1S/C7H16N2/c1-7(2)4-8-6-9(3)5-7/h8H,4-6H2,1-3H3. The molecule has 1 N–H and O–H groups in total. The molecule has 0 radical (unpaired) electrons. The summed E-state index contributed by atoms with van der Waals surface area (Å²) in [5.74, 6) is 0. The summed E-state index contributed by atoms with van der Waals surface area (Å²) in [6.07, 6.45) is 0. The van der Waals surface area contributed by atoms with Crippen LogP contribution < -0.4 is 5.32 Å². The molecule has 54 valence electrons. The molecule has 0 bridgehead atoms. The van der Waals surface area contributed by atoms with Gasteiger partial charge in [-0.15, -0.1) is 0 Å². The van der Waals surface area contributed by atoms with Crippen LogP contribution in [0.5, 0.6) is 0 Å². The summed E-state index contributed by atoms with van der Waals surface area (Å²) >= 11 is 0. The van der Waals surface area contributed by atoms with E-state index in [-0.39, 0.29) is 0 Å². The molecule has 2 heteroatoms. The molecule has 0 aliphatic carbocycles. The van der Waals surface area contributed by atoms with E-state index in [1.807, 2.05) is 0 Å². The van der Waals surface area contributed by atoms with Crippen molar-refractivity contribution in [3.63, 3.8) is 0 Å². The molecule has 0 atom stereocenters. The third kappa shape index (κ3) is 1.95. The average molecular weight is 128 g/mol. The second kappa shape index (κ2) is 2.27. The van der Waals surface area contributed by atoms with E-state index in [0.717, 1.165) is 13.2 Å². The molecule has 1 saturated heterocycles. The molecule has 0 spiro atoms. The summed E-state index contributed by atoms with van der Waals surface area (Å²) in [7, 11) is 2.15. The molecule has 1 aliphatic rings. The van der Waals surface area contributed by atoms with Gasteiger partial charge in [-0.3, -0.25) is 4.90 Å². The van der Waals surface area contributed by atoms with Crippen LogP contribution in [0.2, 0.25) is 0 Å². The third-order valence-corrected chi connectivity index (χ3v) is 1.68. The van der Waals surface area contributed by atoms with Crippen LogP contribution in [0.15, 0.2) is 0 Å². The minimum absolute atomic E-state index is 0.465. The zero-order valence-corrected chi connectivity index (χ0v) is 6.57. The Morgan fingerprint density at radius 3 is 2.44 bits per heavy atom. The fraction of sp³-hybridized carbons (Fsp3) is 1.00. The van der Waals surface area contributed by atoms with Crippen molar-refractivity contribution in [2.45, 2.75) is 13.8 Å². The van der Waals surface area contributed by atoms with Crippen LogP contribution in [0.1, 0.15) is 13.8 Å². The Morgan fingerprint density at radius 1 is 1.44 bits per heavy atom. The van der Waals surface area contributed by atoms with Crippen molar-refractivity contribution in [3.05, 3.63) is 0 Å². The van der Waals surface area contributed by atoms with E-state index in [1.54, 1.807) is 0 Å². The number of rotatable bonds is 0. The monoisotopic (exact) mass is 128 g/mol. The maximum atomic E-state index is 3.35. The summed E-state index contributed by atoms with van der Waals surface area (Å²) < 4.78 is 0. The topological polar surface area (TPSA) is 15.3 Å². The van der Waals surface area contributed by atoms with Crippen LogP contribution in [-0.2, 0) is 0 Å². The lowest BCUT2D eigenvalue weighted by molar-refractivity contribution is 0.140. The van der Waals surface area contributed by atoms with E-state index in [1.165, 1.54) is 6.54 Å². The van der Waals surface area contributed by atoms with Crippen molar-refractivity contribution in [3.8, 4) is 0 Å². The van der Waals surface area contributed by atoms with Crippen LogP contribution in [0, 0.1) is 5.41 Å². The van der Waals surface area contributed by atoms with Gasteiger partial charge in [-0.05, 0) is 12.5 Å². The van der Waals surface area contributed by atoms with Crippen LogP contribution in [0.25, 0.3) is 0 Å². The zero-order valence-electron chi connectivity index (χ0n) is 6.57. The number of hydrogen-bond acceptors (Lipinski definition) is 2. The van der Waals surface area contributed by atoms with Crippen molar-refractivity contribution in [1.29, 1.82) is 0 Å². The first kappa shape index (κ1) is 7.03. The zero-order chi connectivity index (χ0) is 6.91. The Balaban J connectivity index is 2.41. The SMILES string of the molecule is CN1CNCC(C)(C)C1. The molecule has 0 aromatic heterocycles. The second-order valence-corrected chi connectivity index (χ2v) is 3.76. The predicted molar refractivity (Wildman–Crippen MR) is 39.3 cm³/mol. The van der Waals surface area contributed by atoms with Crippen LogP contribution in [-0.4, -0.2) is 31.7 Å². The van der Waals surface area contributed by atoms with Crippen molar-refractivity contribution >= 4 is 0 Å². The predicted octanol–water partition coefficient (Wildman–Crippen LogP) is 0.505. The van der Waals surface area contributed by atoms with Gasteiger partial charge in [-0.25, -0.2) is 0 Å². The van der Waals surface area contributed by atoms with Gasteiger partial charge in [0.05, 0.1) is 0 Å². The molecule has 2 nitrogen and oxygen atoms in total. The van der Waals surface area contributed by atoms with E-state index < -0.39 is 0 Å². The van der Waals surface area contributed by atoms with Gasteiger partial charge in [0, 0.05) is 19.8 Å². The highest BCUT2D eigenvalue weighted by Gasteiger charge is 2.23. The summed E-state index contributed by atoms with van der Waals surface area (Å²) in [5, 5.41) is 3.35. The third-order valence-electron chi connectivity index (χ3n) is 1.68. The normalized spacial score (nSPS) is 28.3. The van der Waals surface area contributed by atoms with Gasteiger partial charge in [0.1, 0.15) is 0 Å². The van der Waals surface area contributed by atoms with Gasteiger partial charge >= 0.3 is 0 Å². The molecule has 0 saturated carbocycles. The maximum absolute atomic E-state index is 3.35. The second-order valence-electron chi connectivity index (χ2n) is 3.76. The van der Waals surface area contributed by atoms with Crippen LogP contribution in [0.4, 0.5) is 0 Å². The van der Waals surface area contributed by atoms with E-state index in [0.29, 0.717) is 5.41 Å². The fourth-order valence-electron chi connectivity index (χ4n) is 1.43. The van der Waals surface area contributed by atoms with E-state index in [9.17, 15) is 0 Å². The van der Waals surface area contributed by atoms with Crippen LogP contribution in [0.3, 0.4) is 0 Å². The molecular weight excluding hydrogens is 112 g/mol. The first-order valence-electron chi connectivity index (χ1n) is 3.49. The smallest absolute Gasteiger partial charge is 0.0478 e. The highest BCUT2D eigenvalue weighted by Crippen LogP contribution is 2.16. The summed E-state index contributed by atoms with van der Waals surface area (Å²) in [6.45, 7) is 7.98. The van der Waals surface area contributed by atoms with Gasteiger partial charge in [0.15, 0.2) is 0 Å². The molecular formula is C7H16N2. The molecule has 0 amide bonds. The molecule has 1 rings (SSSR count). The quantitative estimate of drug-likeness (QED) is 0.511. The molecule has 0 unspecified atom stereocenters. The summed E-state index contributed by atoms with van der Waals surface area (Å²) in [5.41, 5.74) is 0.465. The Bertz CT molecular complexity index is 99.1. The summed E-state index contributed by atoms with van der Waals surface area (Å²) in [4.78, 5) is 2.31. The number of nitrogens with one attached hydrogen (secondary N) is 1. The summed E-state index contributed by atoms with van der Waals surface area (Å²) in [6, 6.07) is 0. The van der Waals surface area contributed by atoms with E-state index in [4.69, 9.17) is 0 Å². The lowest BCUT2D eigenvalue weighted by atomic mass is 9.92. The Labute approximate surface area is 57.2 Å². The van der Waals surface area contributed by atoms with Crippen molar-refractivity contribution in [2.24, 2.45) is 5.41 Å². The first-order chi connectivity index (χ1) is 4.10. The Morgan fingerprint density at radius 2 is 2.11 bits per heavy atom. The fourth-order valence-corrected chi connectivity index (χ4v) is 1.43. The maximum Gasteiger partial charge on any atom is 0.0478 e. The minimum atomic E-state index is 0.465. The number of hydrogen-bond donors (Lipinski definition) is 1. The van der Waals surface area contributed by atoms with Gasteiger partial charge in [0.25, 0.3) is 0 Å². The van der Waals surface area contributed by atoms with Crippen molar-refractivity contribution in [1.82, 2.24) is 10.2 Å². The van der Waals surface area contributed by atoms with Crippen molar-refractivity contribution in [2.75, 3.05) is 26.8 Å². The first-order valence-corrected chi connectivity index (χ1v) is 3.49.